The lowest BCUT2D eigenvalue weighted by atomic mass is 10.2. The van der Waals surface area contributed by atoms with Gasteiger partial charge in [0, 0.05) is 24.8 Å². The second kappa shape index (κ2) is 6.79. The smallest absolute Gasteiger partial charge is 0.340 e. The van der Waals surface area contributed by atoms with E-state index in [0.717, 1.165) is 6.42 Å². The van der Waals surface area contributed by atoms with E-state index in [-0.39, 0.29) is 18.1 Å². The molecule has 1 aromatic heterocycles. The molecule has 2 heterocycles. The van der Waals surface area contributed by atoms with Crippen molar-refractivity contribution in [3.8, 4) is 0 Å². The standard InChI is InChI=1S/C17H15ClN2O3/c18-15-7-6-13(20-9-3-5-16(20)21)10-14(15)17(22)23-11-12-4-1-2-8-19-12/h1-2,4,6-8,10H,3,5,9,11H2. The van der Waals surface area contributed by atoms with E-state index in [1.807, 2.05) is 6.07 Å². The first kappa shape index (κ1) is 15.5. The molecule has 1 fully saturated rings. The van der Waals surface area contributed by atoms with E-state index in [0.29, 0.717) is 29.4 Å². The van der Waals surface area contributed by atoms with Crippen LogP contribution in [-0.2, 0) is 16.1 Å². The summed E-state index contributed by atoms with van der Waals surface area (Å²) in [5.41, 5.74) is 1.57. The fourth-order valence-electron chi connectivity index (χ4n) is 2.46. The third-order valence-electron chi connectivity index (χ3n) is 3.63. The monoisotopic (exact) mass is 330 g/mol. The number of carbonyl (C=O) groups excluding carboxylic acids is 2. The van der Waals surface area contributed by atoms with Gasteiger partial charge >= 0.3 is 5.97 Å². The molecular weight excluding hydrogens is 316 g/mol. The van der Waals surface area contributed by atoms with E-state index in [2.05, 4.69) is 4.98 Å². The highest BCUT2D eigenvalue weighted by molar-refractivity contribution is 6.33. The molecule has 0 bridgehead atoms. The molecule has 6 heteroatoms. The van der Waals surface area contributed by atoms with Gasteiger partial charge in [0.1, 0.15) is 6.61 Å². The number of anilines is 1. The number of hydrogen-bond donors (Lipinski definition) is 0. The molecule has 1 aromatic carbocycles. The van der Waals surface area contributed by atoms with Gasteiger partial charge in [0.05, 0.1) is 16.3 Å². The van der Waals surface area contributed by atoms with Crippen LogP contribution in [-0.4, -0.2) is 23.4 Å². The lowest BCUT2D eigenvalue weighted by Crippen LogP contribution is -2.24. The molecule has 0 saturated carbocycles. The average molecular weight is 331 g/mol. The quantitative estimate of drug-likeness (QED) is 0.808. The summed E-state index contributed by atoms with van der Waals surface area (Å²) in [4.78, 5) is 29.8. The van der Waals surface area contributed by atoms with E-state index < -0.39 is 5.97 Å². The number of hydrogen-bond acceptors (Lipinski definition) is 4. The number of rotatable bonds is 4. The van der Waals surface area contributed by atoms with Crippen molar-refractivity contribution in [2.24, 2.45) is 0 Å². The summed E-state index contributed by atoms with van der Waals surface area (Å²) in [6, 6.07) is 10.3. The molecule has 2 aromatic rings. The largest absolute Gasteiger partial charge is 0.456 e. The maximum atomic E-state index is 12.2. The summed E-state index contributed by atoms with van der Waals surface area (Å²) in [7, 11) is 0. The number of esters is 1. The van der Waals surface area contributed by atoms with Gasteiger partial charge in [-0.15, -0.1) is 0 Å². The minimum absolute atomic E-state index is 0.0557. The number of amides is 1. The molecule has 23 heavy (non-hydrogen) atoms. The Morgan fingerprint density at radius 1 is 1.30 bits per heavy atom. The Morgan fingerprint density at radius 2 is 2.17 bits per heavy atom. The minimum Gasteiger partial charge on any atom is -0.456 e. The van der Waals surface area contributed by atoms with Gasteiger partial charge in [-0.05, 0) is 36.8 Å². The van der Waals surface area contributed by atoms with Crippen molar-refractivity contribution >= 4 is 29.2 Å². The number of benzene rings is 1. The van der Waals surface area contributed by atoms with E-state index in [4.69, 9.17) is 16.3 Å². The summed E-state index contributed by atoms with van der Waals surface area (Å²) in [5.74, 6) is -0.478. The van der Waals surface area contributed by atoms with E-state index in [1.165, 1.54) is 0 Å². The fourth-order valence-corrected chi connectivity index (χ4v) is 2.65. The third-order valence-corrected chi connectivity index (χ3v) is 3.96. The van der Waals surface area contributed by atoms with Gasteiger partial charge in [0.15, 0.2) is 0 Å². The number of nitrogens with zero attached hydrogens (tertiary/aromatic N) is 2. The van der Waals surface area contributed by atoms with Crippen LogP contribution in [0.25, 0.3) is 0 Å². The summed E-state index contributed by atoms with van der Waals surface area (Å²) < 4.78 is 5.25. The number of carbonyl (C=O) groups is 2. The second-order valence-electron chi connectivity index (χ2n) is 5.21. The van der Waals surface area contributed by atoms with Gasteiger partial charge in [-0.25, -0.2) is 4.79 Å². The maximum Gasteiger partial charge on any atom is 0.340 e. The zero-order chi connectivity index (χ0) is 16.2. The predicted molar refractivity (Wildman–Crippen MR) is 86.4 cm³/mol. The minimum atomic E-state index is -0.533. The SMILES string of the molecule is O=C(OCc1ccccn1)c1cc(N2CCCC2=O)ccc1Cl. The van der Waals surface area contributed by atoms with Crippen LogP contribution in [0.2, 0.25) is 5.02 Å². The van der Waals surface area contributed by atoms with Gasteiger partial charge < -0.3 is 9.64 Å². The van der Waals surface area contributed by atoms with Crippen LogP contribution in [0.15, 0.2) is 42.6 Å². The highest BCUT2D eigenvalue weighted by Gasteiger charge is 2.23. The van der Waals surface area contributed by atoms with E-state index >= 15 is 0 Å². The molecule has 1 aliphatic rings. The van der Waals surface area contributed by atoms with E-state index in [9.17, 15) is 9.59 Å². The Balaban J connectivity index is 1.75. The Kier molecular flexibility index (Phi) is 4.57. The first-order chi connectivity index (χ1) is 11.1. The zero-order valence-electron chi connectivity index (χ0n) is 12.4. The zero-order valence-corrected chi connectivity index (χ0v) is 13.1. The Hall–Kier alpha value is -2.40. The maximum absolute atomic E-state index is 12.2. The van der Waals surface area contributed by atoms with Crippen LogP contribution >= 0.6 is 11.6 Å². The number of pyridine rings is 1. The Labute approximate surface area is 138 Å². The molecule has 0 spiro atoms. The van der Waals surface area contributed by atoms with Crippen LogP contribution in [0.4, 0.5) is 5.69 Å². The molecule has 0 radical (unpaired) electrons. The lowest BCUT2D eigenvalue weighted by molar-refractivity contribution is -0.117. The van der Waals surface area contributed by atoms with Crippen LogP contribution < -0.4 is 4.90 Å². The number of aromatic nitrogens is 1. The first-order valence-electron chi connectivity index (χ1n) is 7.32. The molecular formula is C17H15ClN2O3. The van der Waals surface area contributed by atoms with Crippen molar-refractivity contribution in [3.05, 3.63) is 58.9 Å². The van der Waals surface area contributed by atoms with Crippen molar-refractivity contribution in [1.82, 2.24) is 4.98 Å². The van der Waals surface area contributed by atoms with Crippen LogP contribution in [0.5, 0.6) is 0 Å². The average Bonchev–Trinajstić information content (AvgIpc) is 3.00. The molecule has 118 valence electrons. The molecule has 5 nitrogen and oxygen atoms in total. The van der Waals surface area contributed by atoms with Gasteiger partial charge in [-0.1, -0.05) is 17.7 Å². The number of halogens is 1. The van der Waals surface area contributed by atoms with Crippen LogP contribution in [0.3, 0.4) is 0 Å². The molecule has 3 rings (SSSR count). The lowest BCUT2D eigenvalue weighted by Gasteiger charge is -2.17. The van der Waals surface area contributed by atoms with Crippen LogP contribution in [0.1, 0.15) is 28.9 Å². The van der Waals surface area contributed by atoms with Gasteiger partial charge in [-0.2, -0.15) is 0 Å². The number of ether oxygens (including phenoxy) is 1. The topological polar surface area (TPSA) is 59.5 Å². The third kappa shape index (κ3) is 3.51. The van der Waals surface area contributed by atoms with Crippen molar-refractivity contribution in [3.63, 3.8) is 0 Å². The summed E-state index contributed by atoms with van der Waals surface area (Å²) in [6.45, 7) is 0.728. The van der Waals surface area contributed by atoms with Crippen molar-refractivity contribution < 1.29 is 14.3 Å². The normalized spacial score (nSPS) is 14.1. The Morgan fingerprint density at radius 3 is 2.87 bits per heavy atom. The van der Waals surface area contributed by atoms with E-state index in [1.54, 1.807) is 41.4 Å². The molecule has 1 saturated heterocycles. The summed E-state index contributed by atoms with van der Waals surface area (Å²) in [5, 5.41) is 0.298. The molecule has 0 aliphatic carbocycles. The predicted octanol–water partition coefficient (Wildman–Crippen LogP) is 3.22. The summed E-state index contributed by atoms with van der Waals surface area (Å²) in [6.07, 6.45) is 2.98. The molecule has 1 aliphatic heterocycles. The van der Waals surface area contributed by atoms with Gasteiger partial charge in [0.25, 0.3) is 0 Å². The highest BCUT2D eigenvalue weighted by Crippen LogP contribution is 2.27. The van der Waals surface area contributed by atoms with Gasteiger partial charge in [-0.3, -0.25) is 9.78 Å². The van der Waals surface area contributed by atoms with Gasteiger partial charge in [0.2, 0.25) is 5.91 Å². The van der Waals surface area contributed by atoms with Crippen molar-refractivity contribution in [2.75, 3.05) is 11.4 Å². The van der Waals surface area contributed by atoms with Crippen LogP contribution in [0, 0.1) is 0 Å². The van der Waals surface area contributed by atoms with Crippen molar-refractivity contribution in [1.29, 1.82) is 0 Å². The molecule has 0 unspecified atom stereocenters. The second-order valence-corrected chi connectivity index (χ2v) is 5.62. The molecule has 1 amide bonds. The molecule has 0 atom stereocenters. The first-order valence-corrected chi connectivity index (χ1v) is 7.70. The Bertz CT molecular complexity index is 734. The van der Waals surface area contributed by atoms with Crippen molar-refractivity contribution in [2.45, 2.75) is 19.4 Å². The molecule has 0 N–H and O–H groups in total. The highest BCUT2D eigenvalue weighted by atomic mass is 35.5. The summed E-state index contributed by atoms with van der Waals surface area (Å²) >= 11 is 6.10. The fraction of sp³-hybridized carbons (Fsp3) is 0.235.